The van der Waals surface area contributed by atoms with Gasteiger partial charge in [-0.25, -0.2) is 0 Å². The van der Waals surface area contributed by atoms with E-state index in [0.717, 1.165) is 264 Å². The molecular formula is C96H110F12N2O2. The molecule has 0 radical (unpaired) electrons. The van der Waals surface area contributed by atoms with Crippen LogP contribution in [-0.4, -0.2) is 16.8 Å². The fourth-order valence-electron chi connectivity index (χ4n) is 17.4. The van der Waals surface area contributed by atoms with E-state index in [1.54, 1.807) is 12.1 Å². The first-order valence-electron chi connectivity index (χ1n) is 41.7. The van der Waals surface area contributed by atoms with Crippen molar-refractivity contribution in [2.24, 2.45) is 0 Å². The third-order valence-corrected chi connectivity index (χ3v) is 23.5. The molecule has 11 rings (SSSR count). The highest BCUT2D eigenvalue weighted by Crippen LogP contribution is 2.59. The van der Waals surface area contributed by atoms with Gasteiger partial charge in [0.2, 0.25) is 11.8 Å². The van der Waals surface area contributed by atoms with Crippen molar-refractivity contribution in [3.8, 4) is 95.4 Å². The predicted octanol–water partition coefficient (Wildman–Crippen LogP) is 32.4. The molecule has 0 N–H and O–H groups in total. The number of hydrogen-bond acceptors (Lipinski definition) is 4. The maximum Gasteiger partial charge on any atom is 0.416 e. The summed E-state index contributed by atoms with van der Waals surface area (Å²) in [7, 11) is 0. The summed E-state index contributed by atoms with van der Waals surface area (Å²) >= 11 is 0. The zero-order valence-electron chi connectivity index (χ0n) is 65.9. The summed E-state index contributed by atoms with van der Waals surface area (Å²) in [6.45, 7) is 11.5. The van der Waals surface area contributed by atoms with Gasteiger partial charge in [0.05, 0.1) is 28.9 Å². The van der Waals surface area contributed by atoms with Gasteiger partial charge in [0.25, 0.3) is 0 Å². The fourth-order valence-corrected chi connectivity index (χ4v) is 17.4. The average molecular weight is 1550 g/mol. The van der Waals surface area contributed by atoms with Gasteiger partial charge in [-0.15, -0.1) is 10.2 Å². The number of hydrogen-bond donors (Lipinski definition) is 0. The van der Waals surface area contributed by atoms with E-state index >= 15 is 0 Å². The van der Waals surface area contributed by atoms with Crippen LogP contribution in [0.4, 0.5) is 52.7 Å². The Kier molecular flexibility index (Phi) is 29.0. The largest absolute Gasteiger partial charge is 0.494 e. The molecule has 0 aliphatic heterocycles. The third-order valence-electron chi connectivity index (χ3n) is 23.5. The predicted molar refractivity (Wildman–Crippen MR) is 430 cm³/mol. The summed E-state index contributed by atoms with van der Waals surface area (Å²) < 4.78 is 189. The molecule has 0 fully saturated rings. The summed E-state index contributed by atoms with van der Waals surface area (Å²) in [5, 5.41) is 9.39. The maximum absolute atomic E-state index is 14.6. The van der Waals surface area contributed by atoms with Crippen molar-refractivity contribution in [2.75, 3.05) is 6.61 Å². The molecule has 16 heteroatoms. The van der Waals surface area contributed by atoms with Crippen LogP contribution in [0, 0.1) is 0 Å². The van der Waals surface area contributed by atoms with Gasteiger partial charge in [0.1, 0.15) is 5.75 Å². The molecule has 0 bridgehead atoms. The van der Waals surface area contributed by atoms with Gasteiger partial charge < -0.3 is 9.15 Å². The van der Waals surface area contributed by atoms with E-state index in [4.69, 9.17) is 14.3 Å². The van der Waals surface area contributed by atoms with Crippen LogP contribution >= 0.6 is 0 Å². The lowest BCUT2D eigenvalue weighted by Crippen LogP contribution is -2.26. The van der Waals surface area contributed by atoms with Gasteiger partial charge in [-0.2, -0.15) is 52.7 Å². The van der Waals surface area contributed by atoms with Gasteiger partial charge >= 0.3 is 24.7 Å². The van der Waals surface area contributed by atoms with Crippen LogP contribution in [0.3, 0.4) is 0 Å². The van der Waals surface area contributed by atoms with Crippen molar-refractivity contribution in [3.63, 3.8) is 0 Å². The molecule has 2 aliphatic rings. The minimum absolute atomic E-state index is 0.173. The minimum atomic E-state index is -5.04. The van der Waals surface area contributed by atoms with E-state index < -0.39 is 57.8 Å². The highest BCUT2D eigenvalue weighted by atomic mass is 19.4. The third kappa shape index (κ3) is 20.7. The molecule has 0 amide bonds. The molecule has 9 aromatic rings. The van der Waals surface area contributed by atoms with Crippen molar-refractivity contribution in [1.82, 2.24) is 10.2 Å². The van der Waals surface area contributed by atoms with Crippen LogP contribution in [0.25, 0.3) is 89.7 Å². The Bertz CT molecular complexity index is 4210. The normalized spacial score (nSPS) is 13.7. The lowest BCUT2D eigenvalue weighted by Gasteiger charge is -2.34. The van der Waals surface area contributed by atoms with E-state index in [-0.39, 0.29) is 46.2 Å². The monoisotopic (exact) mass is 1550 g/mol. The van der Waals surface area contributed by atoms with Crippen molar-refractivity contribution >= 4 is 0 Å². The molecule has 0 saturated carbocycles. The number of halogens is 12. The topological polar surface area (TPSA) is 48.2 Å². The number of unbranched alkanes of at least 4 members (excludes halogenated alkanes) is 25. The first kappa shape index (κ1) is 84.8. The smallest absolute Gasteiger partial charge is 0.416 e. The molecule has 0 saturated heterocycles. The Morgan fingerprint density at radius 1 is 0.259 bits per heavy atom. The van der Waals surface area contributed by atoms with E-state index in [1.165, 1.54) is 25.7 Å². The van der Waals surface area contributed by atoms with E-state index in [2.05, 4.69) is 82.2 Å². The summed E-state index contributed by atoms with van der Waals surface area (Å²) in [5.41, 5.74) is 5.35. The number of ether oxygens (including phenoxy) is 1. The van der Waals surface area contributed by atoms with Crippen LogP contribution in [0.2, 0.25) is 0 Å². The van der Waals surface area contributed by atoms with E-state index in [9.17, 15) is 52.7 Å². The zero-order valence-corrected chi connectivity index (χ0v) is 65.9. The first-order valence-corrected chi connectivity index (χ1v) is 41.7. The van der Waals surface area contributed by atoms with Crippen LogP contribution in [0.5, 0.6) is 5.75 Å². The zero-order chi connectivity index (χ0) is 79.7. The molecule has 1 aromatic heterocycles. The number of nitrogens with zero attached hydrogens (tertiary/aromatic N) is 2. The van der Waals surface area contributed by atoms with Gasteiger partial charge in [0, 0.05) is 22.0 Å². The second-order valence-corrected chi connectivity index (χ2v) is 31.7. The summed E-state index contributed by atoms with van der Waals surface area (Å²) in [6, 6.07) is 41.2. The quantitative estimate of drug-likeness (QED) is 0.0283. The van der Waals surface area contributed by atoms with Crippen LogP contribution in [0.15, 0.2) is 156 Å². The molecule has 0 atom stereocenters. The summed E-state index contributed by atoms with van der Waals surface area (Å²) in [5.74, 6) is 1.26. The Labute approximate surface area is 655 Å². The molecule has 0 spiro atoms. The molecule has 600 valence electrons. The van der Waals surface area contributed by atoms with Crippen LogP contribution < -0.4 is 4.74 Å². The van der Waals surface area contributed by atoms with Gasteiger partial charge in [0.15, 0.2) is 0 Å². The lowest BCUT2D eigenvalue weighted by atomic mass is 9.69. The second kappa shape index (κ2) is 38.3. The SMILES string of the molecule is CCCCCCCCOc1ccc(-c2nnc(-c3cc(-c4ccc5c(c4)C(CCCCCCCC)(CCCCCCCC)c4cc(-c6cc(C(F)(F)F)cc(C(F)(F)F)c6)ccc4-5)cc(-c4ccc5c(c4)C(CCCCCCCC)(CCCCCCCC)c4cc(-c6cc(C(F)(F)F)cc(C(F)(F)F)c6)ccc4-5)c3)o2)cc1. The number of benzene rings is 8. The Hall–Kier alpha value is -8.14. The van der Waals surface area contributed by atoms with Crippen molar-refractivity contribution in [3.05, 3.63) is 196 Å². The van der Waals surface area contributed by atoms with E-state index in [0.29, 0.717) is 43.4 Å². The number of fused-ring (bicyclic) bond motifs is 6. The molecule has 8 aromatic carbocycles. The lowest BCUT2D eigenvalue weighted by molar-refractivity contribution is -0.144. The van der Waals surface area contributed by atoms with Gasteiger partial charge in [-0.05, 0) is 224 Å². The van der Waals surface area contributed by atoms with Crippen LogP contribution in [-0.2, 0) is 35.5 Å². The van der Waals surface area contributed by atoms with Crippen molar-refractivity contribution < 1.29 is 61.8 Å². The standard InChI is InChI=1S/C96H110F12N2O2/c1-6-11-16-21-26-31-48-91(49-32-27-22-17-12-7-2)85-60-67(38-44-81(85)83-46-40-69(62-87(83)91)73-56-76(93(97,98)99)64-77(57-73)94(100,101)102)71-53-72(55-75(54-71)90-110-109-89(112-90)66-36-42-80(43-37-66)111-52-35-30-25-20-15-10-5)68-39-45-82-84-47-41-70(74-58-78(95(103,104)105)65-79(59-74)96(106,107)108)63-88(84)92(86(82)61-68,50-33-28-23-18-13-8-3)51-34-29-24-19-14-9-4/h36-47,53-65H,6-35,48-52H2,1-5H3. The summed E-state index contributed by atoms with van der Waals surface area (Å²) in [6.07, 6.45) is 13.4. The molecule has 1 heterocycles. The molecule has 4 nitrogen and oxygen atoms in total. The van der Waals surface area contributed by atoms with E-state index in [1.807, 2.05) is 60.7 Å². The number of rotatable bonds is 42. The molecule has 112 heavy (non-hydrogen) atoms. The van der Waals surface area contributed by atoms with Gasteiger partial charge in [-0.1, -0.05) is 269 Å². The maximum atomic E-state index is 14.6. The van der Waals surface area contributed by atoms with Crippen LogP contribution in [0.1, 0.15) is 297 Å². The molecular weight excluding hydrogens is 1440 g/mol. The fraction of sp³-hybridized carbons (Fsp3) is 0.479. The Morgan fingerprint density at radius 2 is 0.509 bits per heavy atom. The first-order chi connectivity index (χ1) is 53.8. The highest BCUT2D eigenvalue weighted by molar-refractivity contribution is 5.90. The summed E-state index contributed by atoms with van der Waals surface area (Å²) in [4.78, 5) is 0. The average Bonchev–Trinajstić information content (AvgIpc) is 1.56. The molecule has 2 aliphatic carbocycles. The Morgan fingerprint density at radius 3 is 0.804 bits per heavy atom. The number of alkyl halides is 12. The second-order valence-electron chi connectivity index (χ2n) is 31.7. The Balaban J connectivity index is 1.09. The van der Waals surface area contributed by atoms with Crippen molar-refractivity contribution in [1.29, 1.82) is 0 Å². The highest BCUT2D eigenvalue weighted by Gasteiger charge is 2.46. The molecule has 0 unspecified atom stereocenters. The number of aromatic nitrogens is 2. The minimum Gasteiger partial charge on any atom is -0.494 e. The van der Waals surface area contributed by atoms with Gasteiger partial charge in [-0.3, -0.25) is 0 Å². The van der Waals surface area contributed by atoms with Crippen molar-refractivity contribution in [2.45, 2.75) is 288 Å².